The molecule has 0 aliphatic rings. The van der Waals surface area contributed by atoms with Crippen LogP contribution in [0.1, 0.15) is 37.3 Å². The van der Waals surface area contributed by atoms with Crippen molar-refractivity contribution in [2.45, 2.75) is 40.0 Å². The van der Waals surface area contributed by atoms with Crippen molar-refractivity contribution in [2.24, 2.45) is 0 Å². The van der Waals surface area contributed by atoms with Gasteiger partial charge in [0.1, 0.15) is 0 Å². The van der Waals surface area contributed by atoms with Crippen LogP contribution in [0, 0.1) is 13.8 Å². The van der Waals surface area contributed by atoms with Crippen LogP contribution in [0.15, 0.2) is 18.2 Å². The molecule has 0 unspecified atom stereocenters. The highest BCUT2D eigenvalue weighted by molar-refractivity contribution is 5.66. The largest absolute Gasteiger partial charge is 0.481 e. The Balaban J connectivity index is 2.70. The Morgan fingerprint density at radius 3 is 2.50 bits per heavy atom. The zero-order chi connectivity index (χ0) is 13.5. The molecule has 100 valence electrons. The normalized spacial score (nSPS) is 10.4. The number of carboxylic acids is 1. The Bertz CT molecular complexity index is 401. The summed E-state index contributed by atoms with van der Waals surface area (Å²) in [6.45, 7) is 8.14. The molecule has 0 atom stereocenters. The highest BCUT2D eigenvalue weighted by atomic mass is 16.4. The first-order chi connectivity index (χ1) is 8.54. The molecule has 0 aliphatic carbocycles. The van der Waals surface area contributed by atoms with Crippen molar-refractivity contribution < 1.29 is 9.90 Å². The van der Waals surface area contributed by atoms with Gasteiger partial charge >= 0.3 is 5.97 Å². The number of carbonyl (C=O) groups is 1. The minimum atomic E-state index is -0.716. The van der Waals surface area contributed by atoms with Crippen molar-refractivity contribution in [3.05, 3.63) is 29.3 Å². The van der Waals surface area contributed by atoms with Crippen LogP contribution < -0.4 is 4.90 Å². The molecule has 0 saturated carbocycles. The molecule has 1 N–H and O–H groups in total. The molecule has 0 spiro atoms. The maximum absolute atomic E-state index is 10.6. The lowest BCUT2D eigenvalue weighted by molar-refractivity contribution is -0.137. The fourth-order valence-corrected chi connectivity index (χ4v) is 1.98. The van der Waals surface area contributed by atoms with Crippen LogP contribution in [-0.4, -0.2) is 24.2 Å². The van der Waals surface area contributed by atoms with Crippen molar-refractivity contribution in [3.63, 3.8) is 0 Å². The molecular weight excluding hydrogens is 226 g/mol. The van der Waals surface area contributed by atoms with E-state index >= 15 is 0 Å². The molecular formula is C15H23NO2. The second kappa shape index (κ2) is 7.04. The fraction of sp³-hybridized carbons (Fsp3) is 0.533. The van der Waals surface area contributed by atoms with Gasteiger partial charge < -0.3 is 10.0 Å². The van der Waals surface area contributed by atoms with Crippen LogP contribution in [0.3, 0.4) is 0 Å². The summed E-state index contributed by atoms with van der Waals surface area (Å²) in [5, 5.41) is 8.69. The average Bonchev–Trinajstić information content (AvgIpc) is 2.31. The summed E-state index contributed by atoms with van der Waals surface area (Å²) in [7, 11) is 0. The van der Waals surface area contributed by atoms with Gasteiger partial charge in [0.05, 0.1) is 0 Å². The summed E-state index contributed by atoms with van der Waals surface area (Å²) in [5.41, 5.74) is 3.78. The maximum Gasteiger partial charge on any atom is 0.303 e. The van der Waals surface area contributed by atoms with Gasteiger partial charge in [0, 0.05) is 25.2 Å². The molecule has 3 heteroatoms. The van der Waals surface area contributed by atoms with Crippen LogP contribution in [0.5, 0.6) is 0 Å². The highest BCUT2D eigenvalue weighted by Crippen LogP contribution is 2.19. The number of rotatable bonds is 7. The number of anilines is 1. The minimum absolute atomic E-state index is 0.241. The third kappa shape index (κ3) is 4.40. The van der Waals surface area contributed by atoms with Crippen LogP contribution in [0.2, 0.25) is 0 Å². The van der Waals surface area contributed by atoms with Gasteiger partial charge in [-0.1, -0.05) is 13.0 Å². The number of nitrogens with zero attached hydrogens (tertiary/aromatic N) is 1. The summed E-state index contributed by atoms with van der Waals surface area (Å²) < 4.78 is 0. The number of hydrogen-bond donors (Lipinski definition) is 1. The summed E-state index contributed by atoms with van der Waals surface area (Å²) >= 11 is 0. The SMILES string of the molecule is CCCN(CCCC(=O)O)c1ccc(C)c(C)c1. The van der Waals surface area contributed by atoms with E-state index in [-0.39, 0.29) is 6.42 Å². The molecule has 0 saturated heterocycles. The molecule has 1 aromatic rings. The third-order valence-electron chi connectivity index (χ3n) is 3.17. The Hall–Kier alpha value is -1.51. The van der Waals surface area contributed by atoms with E-state index in [0.717, 1.165) is 19.5 Å². The lowest BCUT2D eigenvalue weighted by atomic mass is 10.1. The van der Waals surface area contributed by atoms with Gasteiger partial charge in [-0.2, -0.15) is 0 Å². The first kappa shape index (κ1) is 14.6. The first-order valence-corrected chi connectivity index (χ1v) is 6.58. The predicted octanol–water partition coefficient (Wildman–Crippen LogP) is 3.38. The van der Waals surface area contributed by atoms with Crippen LogP contribution in [-0.2, 0) is 4.79 Å². The van der Waals surface area contributed by atoms with Gasteiger partial charge in [-0.05, 0) is 49.9 Å². The molecule has 0 aliphatic heterocycles. The van der Waals surface area contributed by atoms with E-state index in [1.54, 1.807) is 0 Å². The third-order valence-corrected chi connectivity index (χ3v) is 3.17. The monoisotopic (exact) mass is 249 g/mol. The Kier molecular flexibility index (Phi) is 5.69. The van der Waals surface area contributed by atoms with Crippen molar-refractivity contribution >= 4 is 11.7 Å². The van der Waals surface area contributed by atoms with E-state index in [1.807, 2.05) is 0 Å². The molecule has 1 rings (SSSR count). The van der Waals surface area contributed by atoms with Gasteiger partial charge in [0.25, 0.3) is 0 Å². The highest BCUT2D eigenvalue weighted by Gasteiger charge is 2.07. The lowest BCUT2D eigenvalue weighted by Crippen LogP contribution is -2.25. The van der Waals surface area contributed by atoms with Crippen molar-refractivity contribution in [1.82, 2.24) is 0 Å². The van der Waals surface area contributed by atoms with Crippen LogP contribution >= 0.6 is 0 Å². The molecule has 0 fully saturated rings. The van der Waals surface area contributed by atoms with Gasteiger partial charge in [-0.3, -0.25) is 4.79 Å². The maximum atomic E-state index is 10.6. The number of carboxylic acid groups (broad SMARTS) is 1. The summed E-state index contributed by atoms with van der Waals surface area (Å²) in [5.74, 6) is -0.716. The van der Waals surface area contributed by atoms with Crippen molar-refractivity contribution in [2.75, 3.05) is 18.0 Å². The van der Waals surface area contributed by atoms with Crippen LogP contribution in [0.4, 0.5) is 5.69 Å². The summed E-state index contributed by atoms with van der Waals surface area (Å²) in [6, 6.07) is 6.44. The molecule has 0 radical (unpaired) electrons. The van der Waals surface area contributed by atoms with Gasteiger partial charge in [0.15, 0.2) is 0 Å². The first-order valence-electron chi connectivity index (χ1n) is 6.58. The number of aliphatic carboxylic acids is 1. The molecule has 3 nitrogen and oxygen atoms in total. The minimum Gasteiger partial charge on any atom is -0.481 e. The number of hydrogen-bond acceptors (Lipinski definition) is 2. The number of aryl methyl sites for hydroxylation is 2. The van der Waals surface area contributed by atoms with Crippen LogP contribution in [0.25, 0.3) is 0 Å². The number of benzene rings is 1. The molecule has 18 heavy (non-hydrogen) atoms. The molecule has 1 aromatic carbocycles. The zero-order valence-corrected chi connectivity index (χ0v) is 11.6. The van der Waals surface area contributed by atoms with Gasteiger partial charge in [-0.15, -0.1) is 0 Å². The Labute approximate surface area is 109 Å². The molecule has 0 aromatic heterocycles. The van der Waals surface area contributed by atoms with Gasteiger partial charge in [-0.25, -0.2) is 0 Å². The van der Waals surface area contributed by atoms with E-state index in [2.05, 4.69) is 43.9 Å². The molecule has 0 bridgehead atoms. The average molecular weight is 249 g/mol. The fourth-order valence-electron chi connectivity index (χ4n) is 1.98. The van der Waals surface area contributed by atoms with E-state index in [4.69, 9.17) is 5.11 Å². The smallest absolute Gasteiger partial charge is 0.303 e. The van der Waals surface area contributed by atoms with E-state index in [1.165, 1.54) is 16.8 Å². The second-order valence-corrected chi connectivity index (χ2v) is 4.75. The standard InChI is InChI=1S/C15H23NO2/c1-4-9-16(10-5-6-15(17)18)14-8-7-12(2)13(3)11-14/h7-8,11H,4-6,9-10H2,1-3H3,(H,17,18). The van der Waals surface area contributed by atoms with Crippen molar-refractivity contribution in [3.8, 4) is 0 Å². The zero-order valence-electron chi connectivity index (χ0n) is 11.6. The van der Waals surface area contributed by atoms with E-state index < -0.39 is 5.97 Å². The second-order valence-electron chi connectivity index (χ2n) is 4.75. The Morgan fingerprint density at radius 2 is 1.94 bits per heavy atom. The van der Waals surface area contributed by atoms with E-state index in [9.17, 15) is 4.79 Å². The topological polar surface area (TPSA) is 40.5 Å². The predicted molar refractivity (Wildman–Crippen MR) is 75.3 cm³/mol. The van der Waals surface area contributed by atoms with Crippen molar-refractivity contribution in [1.29, 1.82) is 0 Å². The quantitative estimate of drug-likeness (QED) is 0.805. The summed E-state index contributed by atoms with van der Waals surface area (Å²) in [4.78, 5) is 12.8. The summed E-state index contributed by atoms with van der Waals surface area (Å²) in [6.07, 6.45) is 2.01. The van der Waals surface area contributed by atoms with Gasteiger partial charge in [0.2, 0.25) is 0 Å². The van der Waals surface area contributed by atoms with E-state index in [0.29, 0.717) is 6.42 Å². The lowest BCUT2D eigenvalue weighted by Gasteiger charge is -2.25. The Morgan fingerprint density at radius 1 is 1.22 bits per heavy atom. The molecule has 0 amide bonds. The molecule has 0 heterocycles.